The molecule has 0 aliphatic carbocycles. The third-order valence-electron chi connectivity index (χ3n) is 3.24. The maximum Gasteiger partial charge on any atom is 0.255 e. The predicted octanol–water partition coefficient (Wildman–Crippen LogP) is 2.06. The Morgan fingerprint density at radius 3 is 2.90 bits per heavy atom. The molecule has 0 bridgehead atoms. The van der Waals surface area contributed by atoms with E-state index in [9.17, 15) is 4.79 Å². The normalized spacial score (nSPS) is 12.2. The van der Waals surface area contributed by atoms with Crippen LogP contribution in [0.25, 0.3) is 0 Å². The van der Waals surface area contributed by atoms with Gasteiger partial charge in [-0.05, 0) is 31.0 Å². The van der Waals surface area contributed by atoms with Crippen LogP contribution in [0.4, 0.5) is 5.69 Å². The monoisotopic (exact) mass is 272 g/mol. The Morgan fingerprint density at radius 2 is 2.25 bits per heavy atom. The number of aryl methyl sites for hydroxylation is 2. The van der Waals surface area contributed by atoms with E-state index in [1.54, 1.807) is 10.9 Å². The second-order valence-electron chi connectivity index (χ2n) is 4.88. The number of anilines is 1. The fraction of sp³-hybridized carbons (Fsp3) is 0.333. The average molecular weight is 272 g/mol. The van der Waals surface area contributed by atoms with E-state index in [0.717, 1.165) is 17.7 Å². The van der Waals surface area contributed by atoms with Crippen molar-refractivity contribution in [3.8, 4) is 0 Å². The number of rotatable bonds is 4. The van der Waals surface area contributed by atoms with Gasteiger partial charge in [-0.2, -0.15) is 5.10 Å². The molecular weight excluding hydrogens is 252 g/mol. The lowest BCUT2D eigenvalue weighted by atomic mass is 10.1. The number of nitrogens with zero attached hydrogens (tertiary/aromatic N) is 2. The zero-order chi connectivity index (χ0) is 14.7. The summed E-state index contributed by atoms with van der Waals surface area (Å²) in [4.78, 5) is 12.3. The van der Waals surface area contributed by atoms with Crippen molar-refractivity contribution in [1.82, 2.24) is 15.1 Å². The Morgan fingerprint density at radius 1 is 1.50 bits per heavy atom. The van der Waals surface area contributed by atoms with Crippen LogP contribution < -0.4 is 11.1 Å². The smallest absolute Gasteiger partial charge is 0.255 e. The molecule has 0 aliphatic heterocycles. The number of amides is 1. The summed E-state index contributed by atoms with van der Waals surface area (Å²) in [5, 5.41) is 7.26. The largest absolute Gasteiger partial charge is 0.399 e. The van der Waals surface area contributed by atoms with E-state index in [1.165, 1.54) is 0 Å². The van der Waals surface area contributed by atoms with Crippen LogP contribution in [-0.2, 0) is 13.5 Å². The van der Waals surface area contributed by atoms with Crippen molar-refractivity contribution in [3.05, 3.63) is 47.3 Å². The van der Waals surface area contributed by atoms with Crippen molar-refractivity contribution >= 4 is 11.6 Å². The first kappa shape index (κ1) is 14.1. The van der Waals surface area contributed by atoms with Gasteiger partial charge in [-0.1, -0.05) is 19.1 Å². The number of benzene rings is 1. The van der Waals surface area contributed by atoms with E-state index < -0.39 is 0 Å². The van der Waals surface area contributed by atoms with Gasteiger partial charge < -0.3 is 11.1 Å². The van der Waals surface area contributed by atoms with E-state index in [2.05, 4.69) is 10.4 Å². The predicted molar refractivity (Wildman–Crippen MR) is 79.3 cm³/mol. The lowest BCUT2D eigenvalue weighted by Gasteiger charge is -2.14. The molecule has 0 spiro atoms. The van der Waals surface area contributed by atoms with E-state index in [1.807, 2.05) is 45.2 Å². The third-order valence-corrected chi connectivity index (χ3v) is 3.24. The molecule has 106 valence electrons. The Bertz CT molecular complexity index is 618. The first-order valence-corrected chi connectivity index (χ1v) is 6.70. The molecule has 0 radical (unpaired) electrons. The second kappa shape index (κ2) is 5.77. The molecule has 1 aromatic carbocycles. The van der Waals surface area contributed by atoms with E-state index in [-0.39, 0.29) is 11.9 Å². The second-order valence-corrected chi connectivity index (χ2v) is 4.88. The SMILES string of the molecule is CCc1nn(C)cc1C(=O)NC(C)c1cccc(N)c1. The molecule has 2 aromatic rings. The molecule has 1 heterocycles. The molecule has 5 heteroatoms. The summed E-state index contributed by atoms with van der Waals surface area (Å²) in [7, 11) is 1.82. The van der Waals surface area contributed by atoms with E-state index in [4.69, 9.17) is 5.73 Å². The number of nitrogen functional groups attached to an aromatic ring is 1. The number of aromatic nitrogens is 2. The van der Waals surface area contributed by atoms with Gasteiger partial charge in [-0.25, -0.2) is 0 Å². The maximum atomic E-state index is 12.3. The van der Waals surface area contributed by atoms with Gasteiger partial charge in [-0.15, -0.1) is 0 Å². The van der Waals surface area contributed by atoms with Gasteiger partial charge in [0.05, 0.1) is 17.3 Å². The minimum Gasteiger partial charge on any atom is -0.399 e. The molecule has 0 fully saturated rings. The molecule has 5 nitrogen and oxygen atoms in total. The molecule has 1 atom stereocenters. The fourth-order valence-corrected chi connectivity index (χ4v) is 2.17. The van der Waals surface area contributed by atoms with Crippen LogP contribution in [0.1, 0.15) is 41.5 Å². The molecule has 3 N–H and O–H groups in total. The third kappa shape index (κ3) is 2.99. The molecule has 1 amide bonds. The lowest BCUT2D eigenvalue weighted by molar-refractivity contribution is 0.0939. The highest BCUT2D eigenvalue weighted by molar-refractivity contribution is 5.95. The van der Waals surface area contributed by atoms with Crippen LogP contribution in [-0.4, -0.2) is 15.7 Å². The maximum absolute atomic E-state index is 12.3. The molecule has 20 heavy (non-hydrogen) atoms. The molecule has 2 rings (SSSR count). The first-order valence-electron chi connectivity index (χ1n) is 6.70. The molecule has 0 saturated heterocycles. The minimum absolute atomic E-state index is 0.101. The molecule has 1 aromatic heterocycles. The summed E-state index contributed by atoms with van der Waals surface area (Å²) in [5.74, 6) is -0.107. The molecule has 0 aliphatic rings. The van der Waals surface area contributed by atoms with Crippen LogP contribution in [0.2, 0.25) is 0 Å². The Hall–Kier alpha value is -2.30. The van der Waals surface area contributed by atoms with Crippen LogP contribution in [0.15, 0.2) is 30.5 Å². The highest BCUT2D eigenvalue weighted by Gasteiger charge is 2.17. The van der Waals surface area contributed by atoms with Gasteiger partial charge >= 0.3 is 0 Å². The van der Waals surface area contributed by atoms with Gasteiger partial charge in [0.1, 0.15) is 0 Å². The van der Waals surface area contributed by atoms with Gasteiger partial charge in [0.2, 0.25) is 0 Å². The average Bonchev–Trinajstić information content (AvgIpc) is 2.80. The number of hydrogen-bond donors (Lipinski definition) is 2. The van der Waals surface area contributed by atoms with Crippen molar-refractivity contribution in [2.24, 2.45) is 7.05 Å². The molecule has 1 unspecified atom stereocenters. The topological polar surface area (TPSA) is 72.9 Å². The van der Waals surface area contributed by atoms with Crippen LogP contribution in [0.3, 0.4) is 0 Å². The summed E-state index contributed by atoms with van der Waals surface area (Å²) in [6.07, 6.45) is 2.48. The zero-order valence-corrected chi connectivity index (χ0v) is 12.1. The minimum atomic E-state index is -0.107. The Labute approximate surface area is 118 Å². The number of nitrogens with two attached hydrogens (primary N) is 1. The van der Waals surface area contributed by atoms with Crippen LogP contribution >= 0.6 is 0 Å². The zero-order valence-electron chi connectivity index (χ0n) is 12.1. The van der Waals surface area contributed by atoms with Gasteiger partial charge in [0.25, 0.3) is 5.91 Å². The summed E-state index contributed by atoms with van der Waals surface area (Å²) in [6, 6.07) is 7.43. The standard InChI is InChI=1S/C15H20N4O/c1-4-14-13(9-19(3)18-14)15(20)17-10(2)11-6-5-7-12(16)8-11/h5-10H,4,16H2,1-3H3,(H,17,20). The van der Waals surface area contributed by atoms with Gasteiger partial charge in [0, 0.05) is 18.9 Å². The van der Waals surface area contributed by atoms with E-state index in [0.29, 0.717) is 11.3 Å². The quantitative estimate of drug-likeness (QED) is 0.837. The van der Waals surface area contributed by atoms with Crippen molar-refractivity contribution in [1.29, 1.82) is 0 Å². The number of hydrogen-bond acceptors (Lipinski definition) is 3. The van der Waals surface area contributed by atoms with Crippen molar-refractivity contribution < 1.29 is 4.79 Å². The number of carbonyl (C=O) groups excluding carboxylic acids is 1. The van der Waals surface area contributed by atoms with E-state index >= 15 is 0 Å². The van der Waals surface area contributed by atoms with Gasteiger partial charge in [0.15, 0.2) is 0 Å². The van der Waals surface area contributed by atoms with Crippen molar-refractivity contribution in [3.63, 3.8) is 0 Å². The lowest BCUT2D eigenvalue weighted by Crippen LogP contribution is -2.27. The summed E-state index contributed by atoms with van der Waals surface area (Å²) in [5.41, 5.74) is 8.88. The Balaban J connectivity index is 2.15. The highest BCUT2D eigenvalue weighted by atomic mass is 16.1. The van der Waals surface area contributed by atoms with Crippen LogP contribution in [0, 0.1) is 0 Å². The molecule has 0 saturated carbocycles. The summed E-state index contributed by atoms with van der Waals surface area (Å²) < 4.78 is 1.67. The summed E-state index contributed by atoms with van der Waals surface area (Å²) >= 11 is 0. The number of nitrogens with one attached hydrogen (secondary N) is 1. The summed E-state index contributed by atoms with van der Waals surface area (Å²) in [6.45, 7) is 3.93. The van der Waals surface area contributed by atoms with Gasteiger partial charge in [-0.3, -0.25) is 9.48 Å². The van der Waals surface area contributed by atoms with Crippen molar-refractivity contribution in [2.45, 2.75) is 26.3 Å². The van der Waals surface area contributed by atoms with Crippen LogP contribution in [0.5, 0.6) is 0 Å². The highest BCUT2D eigenvalue weighted by Crippen LogP contribution is 2.16. The Kier molecular flexibility index (Phi) is 4.08. The van der Waals surface area contributed by atoms with Crippen molar-refractivity contribution in [2.75, 3.05) is 5.73 Å². The fourth-order valence-electron chi connectivity index (χ4n) is 2.17. The molecular formula is C15H20N4O. The first-order chi connectivity index (χ1) is 9.51. The number of carbonyl (C=O) groups is 1.